The van der Waals surface area contributed by atoms with Crippen LogP contribution in [0.2, 0.25) is 0 Å². The first-order valence-electron chi connectivity index (χ1n) is 17.9. The fraction of sp³-hybridized carbons (Fsp3) is 0.914. The molecule has 4 fully saturated rings. The molecule has 1 amide bonds. The normalized spacial score (nSPS) is 44.2. The number of rotatable bonds is 6. The fourth-order valence-corrected chi connectivity index (χ4v) is 8.19. The van der Waals surface area contributed by atoms with Crippen molar-refractivity contribution < 1.29 is 43.2 Å². The Labute approximate surface area is 287 Å². The maximum Gasteiger partial charge on any atom is 0.408 e. The molecule has 48 heavy (non-hydrogen) atoms. The first-order chi connectivity index (χ1) is 22.5. The zero-order chi connectivity index (χ0) is 35.6. The molecule has 276 valence electrons. The Balaban J connectivity index is 1.65. The number of esters is 1. The van der Waals surface area contributed by atoms with E-state index >= 15 is 0 Å². The molecule has 13 nitrogen and oxygen atoms in total. The van der Waals surface area contributed by atoms with E-state index in [0.717, 1.165) is 32.5 Å². The number of hydrogen-bond acceptors (Lipinski definition) is 12. The second-order valence-electron chi connectivity index (χ2n) is 15.5. The van der Waals surface area contributed by atoms with Gasteiger partial charge in [-0.15, -0.1) is 0 Å². The minimum absolute atomic E-state index is 0.0338. The van der Waals surface area contributed by atoms with Crippen LogP contribution >= 0.6 is 0 Å². The molecule has 0 aromatic heterocycles. The number of piperidine rings is 1. The Kier molecular flexibility index (Phi) is 13.0. The Morgan fingerprint density at radius 3 is 2.33 bits per heavy atom. The number of Topliss-reactive ketones (excluding diaryl/α,β-unsaturated/α-hetero) is 1. The summed E-state index contributed by atoms with van der Waals surface area (Å²) in [5, 5.41) is 18.0. The van der Waals surface area contributed by atoms with Crippen molar-refractivity contribution in [2.45, 2.75) is 141 Å². The van der Waals surface area contributed by atoms with Gasteiger partial charge in [0.1, 0.15) is 18.1 Å². The van der Waals surface area contributed by atoms with E-state index in [4.69, 9.17) is 23.7 Å². The molecular weight excluding hydrogens is 620 g/mol. The van der Waals surface area contributed by atoms with Gasteiger partial charge in [-0.2, -0.15) is 0 Å². The van der Waals surface area contributed by atoms with Gasteiger partial charge in [-0.1, -0.05) is 20.3 Å². The molecule has 5 unspecified atom stereocenters. The lowest BCUT2D eigenvalue weighted by Crippen LogP contribution is -2.60. The minimum atomic E-state index is -1.16. The molecule has 4 heterocycles. The molecule has 4 aliphatic rings. The van der Waals surface area contributed by atoms with E-state index in [1.807, 2.05) is 32.8 Å². The van der Waals surface area contributed by atoms with Crippen LogP contribution in [0.4, 0.5) is 4.79 Å². The maximum atomic E-state index is 14.2. The molecule has 0 radical (unpaired) electrons. The number of aliphatic hydroxyl groups excluding tert-OH is 1. The largest absolute Gasteiger partial charge is 0.458 e. The van der Waals surface area contributed by atoms with E-state index in [1.54, 1.807) is 27.9 Å². The number of likely N-dealkylation sites (N-methyl/N-ethyl adjacent to an activating group) is 1. The van der Waals surface area contributed by atoms with E-state index < -0.39 is 65.7 Å². The summed E-state index contributed by atoms with van der Waals surface area (Å²) in [6.45, 7) is 16.0. The monoisotopic (exact) mass is 682 g/mol. The number of alkyl carbamates (subject to hydrolysis) is 1. The number of nitrogens with one attached hydrogen (secondary N) is 2. The van der Waals surface area contributed by atoms with Crippen molar-refractivity contribution in [2.75, 3.05) is 47.4 Å². The number of ketones is 1. The maximum absolute atomic E-state index is 14.2. The summed E-state index contributed by atoms with van der Waals surface area (Å²) >= 11 is 0. The van der Waals surface area contributed by atoms with Crippen LogP contribution in [0.5, 0.6) is 0 Å². The highest BCUT2D eigenvalue weighted by Gasteiger charge is 2.54. The Hall–Kier alpha value is -1.87. The van der Waals surface area contributed by atoms with Crippen LogP contribution in [0, 0.1) is 17.8 Å². The quantitative estimate of drug-likeness (QED) is 0.279. The molecular formula is C35H62N4O9. The van der Waals surface area contributed by atoms with E-state index in [9.17, 15) is 19.5 Å². The number of ether oxygens (including phenoxy) is 5. The molecule has 0 aliphatic carbocycles. The van der Waals surface area contributed by atoms with Crippen LogP contribution in [0.25, 0.3) is 0 Å². The lowest BCUT2D eigenvalue weighted by Gasteiger charge is -2.47. The van der Waals surface area contributed by atoms with Crippen molar-refractivity contribution in [3.63, 3.8) is 0 Å². The number of methoxy groups -OCH3 is 1. The number of carbonyl (C=O) groups is 3. The van der Waals surface area contributed by atoms with Gasteiger partial charge in [-0.3, -0.25) is 9.59 Å². The predicted octanol–water partition coefficient (Wildman–Crippen LogP) is 2.33. The third kappa shape index (κ3) is 8.52. The highest BCUT2D eigenvalue weighted by molar-refractivity contribution is 6.00. The Morgan fingerprint density at radius 1 is 1.04 bits per heavy atom. The van der Waals surface area contributed by atoms with Gasteiger partial charge in [0.25, 0.3) is 0 Å². The molecule has 4 rings (SSSR count). The van der Waals surface area contributed by atoms with Gasteiger partial charge in [-0.05, 0) is 99.9 Å². The number of likely N-dealkylation sites (tertiary alicyclic amines) is 1. The highest BCUT2D eigenvalue weighted by Crippen LogP contribution is 2.37. The lowest BCUT2D eigenvalue weighted by atomic mass is 9.78. The van der Waals surface area contributed by atoms with Crippen molar-refractivity contribution >= 4 is 17.8 Å². The first kappa shape index (κ1) is 38.9. The third-order valence-electron chi connectivity index (χ3n) is 11.5. The molecule has 13 atom stereocenters. The first-order valence-corrected chi connectivity index (χ1v) is 17.9. The number of aliphatic hydroxyl groups is 1. The minimum Gasteiger partial charge on any atom is -0.458 e. The molecule has 4 saturated heterocycles. The van der Waals surface area contributed by atoms with E-state index in [-0.39, 0.29) is 29.9 Å². The smallest absolute Gasteiger partial charge is 0.408 e. The van der Waals surface area contributed by atoms with Crippen LogP contribution in [0.15, 0.2) is 0 Å². The number of cyclic esters (lactones) is 1. The summed E-state index contributed by atoms with van der Waals surface area (Å²) < 4.78 is 31.1. The second kappa shape index (κ2) is 16.0. The molecule has 0 aromatic carbocycles. The van der Waals surface area contributed by atoms with Gasteiger partial charge < -0.3 is 49.2 Å². The molecule has 0 saturated carbocycles. The number of carbonyl (C=O) groups excluding carboxylic acids is 3. The van der Waals surface area contributed by atoms with Crippen LogP contribution in [0.1, 0.15) is 80.6 Å². The molecule has 4 aliphatic heterocycles. The van der Waals surface area contributed by atoms with E-state index in [1.165, 1.54) is 13.3 Å². The zero-order valence-corrected chi connectivity index (χ0v) is 30.8. The molecule has 0 spiro atoms. The summed E-state index contributed by atoms with van der Waals surface area (Å²) in [5.74, 6) is -3.03. The average Bonchev–Trinajstić information content (AvgIpc) is 3.37. The summed E-state index contributed by atoms with van der Waals surface area (Å²) in [5.41, 5.74) is -2.17. The van der Waals surface area contributed by atoms with Gasteiger partial charge in [0.15, 0.2) is 17.7 Å². The average molecular weight is 683 g/mol. The van der Waals surface area contributed by atoms with Crippen LogP contribution < -0.4 is 10.6 Å². The van der Waals surface area contributed by atoms with Crippen molar-refractivity contribution in [1.29, 1.82) is 0 Å². The van der Waals surface area contributed by atoms with Gasteiger partial charge in [0.2, 0.25) is 0 Å². The van der Waals surface area contributed by atoms with E-state index in [2.05, 4.69) is 22.5 Å². The molecule has 13 heteroatoms. The predicted molar refractivity (Wildman–Crippen MR) is 179 cm³/mol. The van der Waals surface area contributed by atoms with Gasteiger partial charge in [-0.25, -0.2) is 4.79 Å². The summed E-state index contributed by atoms with van der Waals surface area (Å²) in [4.78, 5) is 44.5. The topological polar surface area (TPSA) is 148 Å². The number of amides is 1. The van der Waals surface area contributed by atoms with Gasteiger partial charge in [0, 0.05) is 31.7 Å². The van der Waals surface area contributed by atoms with Crippen molar-refractivity contribution in [2.24, 2.45) is 17.8 Å². The Morgan fingerprint density at radius 2 is 1.71 bits per heavy atom. The summed E-state index contributed by atoms with van der Waals surface area (Å²) in [6.07, 6.45) is 0.230. The number of fused-ring (bicyclic) bond motifs is 1. The number of hydrogen-bond donors (Lipinski definition) is 3. The standard InChI is InChI=1S/C35H62N4O9/c1-20-17-34(6,44-10)30(47-32-28(41)26(38(8)9)16-25(46-32)19-39-14-12-11-13-15-39)21(2)27(40)22(3)31(42)45-24(5)35(7)29(23(4)36-18-20)37-33(43)48-35/h20-26,28-30,32,36,41H,11-19H2,1-10H3,(H,37,43)/t20-,21+,22?,23-,24-,25?,26?,28?,29-,30-,32?,34-,35-/m1/s1. The van der Waals surface area contributed by atoms with Crippen LogP contribution in [-0.2, 0) is 33.3 Å². The third-order valence-corrected chi connectivity index (χ3v) is 11.5. The van der Waals surface area contributed by atoms with Crippen LogP contribution in [-0.4, -0.2) is 140 Å². The van der Waals surface area contributed by atoms with Crippen LogP contribution in [0.3, 0.4) is 0 Å². The SMILES string of the molecule is CO[C@]1(C)C[C@@H](C)CN[C@H](C)[C@H]2NC(=O)O[C@]2(C)[C@@H](C)OC(=O)C(C)C(=O)[C@H](C)[C@H]1OC1OC(CN2CCCCC2)CC(N(C)C)C1O. The van der Waals surface area contributed by atoms with E-state index in [0.29, 0.717) is 19.4 Å². The fourth-order valence-electron chi connectivity index (χ4n) is 8.19. The highest BCUT2D eigenvalue weighted by atomic mass is 16.7. The van der Waals surface area contributed by atoms with Gasteiger partial charge >= 0.3 is 12.1 Å². The van der Waals surface area contributed by atoms with Gasteiger partial charge in [0.05, 0.1) is 23.9 Å². The van der Waals surface area contributed by atoms with Crippen molar-refractivity contribution in [3.8, 4) is 0 Å². The zero-order valence-electron chi connectivity index (χ0n) is 30.8. The Bertz CT molecular complexity index is 1120. The lowest BCUT2D eigenvalue weighted by molar-refractivity contribution is -0.299. The summed E-state index contributed by atoms with van der Waals surface area (Å²) in [7, 11) is 5.48. The van der Waals surface area contributed by atoms with Crippen molar-refractivity contribution in [3.05, 3.63) is 0 Å². The number of nitrogens with zero attached hydrogens (tertiary/aromatic N) is 2. The molecule has 0 bridgehead atoms. The summed E-state index contributed by atoms with van der Waals surface area (Å²) in [6, 6.07) is -0.948. The van der Waals surface area contributed by atoms with Crippen molar-refractivity contribution in [1.82, 2.24) is 20.4 Å². The molecule has 0 aromatic rings. The second-order valence-corrected chi connectivity index (χ2v) is 15.5. The molecule has 3 N–H and O–H groups in total.